The number of fused-ring (bicyclic) bond motifs is 3. The number of carboxylic acid groups (broad SMARTS) is 1. The molecular weight excluding hydrogens is 382 g/mol. The molecule has 30 heavy (non-hydrogen) atoms. The quantitative estimate of drug-likeness (QED) is 0.696. The molecule has 156 valence electrons. The van der Waals surface area contributed by atoms with Crippen LogP contribution < -0.4 is 4.74 Å². The van der Waals surface area contributed by atoms with E-state index in [1.54, 1.807) is 4.90 Å². The van der Waals surface area contributed by atoms with E-state index in [2.05, 4.69) is 4.98 Å². The Morgan fingerprint density at radius 1 is 1.17 bits per heavy atom. The van der Waals surface area contributed by atoms with Gasteiger partial charge in [-0.05, 0) is 54.9 Å². The molecule has 0 radical (unpaired) electrons. The van der Waals surface area contributed by atoms with Crippen molar-refractivity contribution in [1.29, 1.82) is 0 Å². The van der Waals surface area contributed by atoms with Crippen LogP contribution in [0.3, 0.4) is 0 Å². The molecule has 7 nitrogen and oxygen atoms in total. The van der Waals surface area contributed by atoms with Crippen molar-refractivity contribution in [3.05, 3.63) is 59.8 Å². The van der Waals surface area contributed by atoms with Crippen LogP contribution in [-0.2, 0) is 22.6 Å². The fourth-order valence-electron chi connectivity index (χ4n) is 3.82. The van der Waals surface area contributed by atoms with Crippen LogP contribution in [0.1, 0.15) is 17.5 Å². The third-order valence-electron chi connectivity index (χ3n) is 5.33. The number of ether oxygens (including phenoxy) is 1. The molecule has 4 bridgehead atoms. The van der Waals surface area contributed by atoms with Crippen LogP contribution in [0.15, 0.2) is 48.7 Å². The van der Waals surface area contributed by atoms with Crippen LogP contribution in [0.25, 0.3) is 10.9 Å². The van der Waals surface area contributed by atoms with Crippen molar-refractivity contribution in [2.45, 2.75) is 19.4 Å². The van der Waals surface area contributed by atoms with E-state index in [-0.39, 0.29) is 25.4 Å². The summed E-state index contributed by atoms with van der Waals surface area (Å²) in [6, 6.07) is 13.8. The van der Waals surface area contributed by atoms with E-state index >= 15 is 0 Å². The first kappa shape index (κ1) is 20.0. The van der Waals surface area contributed by atoms with Crippen LogP contribution in [0.2, 0.25) is 0 Å². The van der Waals surface area contributed by atoms with Gasteiger partial charge in [0.25, 0.3) is 0 Å². The predicted octanol–water partition coefficient (Wildman–Crippen LogP) is 3.25. The van der Waals surface area contributed by atoms with Gasteiger partial charge in [0.2, 0.25) is 5.91 Å². The van der Waals surface area contributed by atoms with E-state index in [1.165, 1.54) is 0 Å². The van der Waals surface area contributed by atoms with Crippen LogP contribution in [0.4, 0.5) is 0 Å². The number of rotatable bonds is 3. The Morgan fingerprint density at radius 3 is 2.83 bits per heavy atom. The molecule has 1 aliphatic heterocycles. The number of carbonyl (C=O) groups is 2. The number of carboxylic acids is 1. The zero-order valence-electron chi connectivity index (χ0n) is 16.9. The number of H-pyrrole nitrogens is 1. The zero-order chi connectivity index (χ0) is 21.1. The second-order valence-corrected chi connectivity index (χ2v) is 7.72. The van der Waals surface area contributed by atoms with E-state index in [9.17, 15) is 9.59 Å². The highest BCUT2D eigenvalue weighted by atomic mass is 16.5. The summed E-state index contributed by atoms with van der Waals surface area (Å²) in [5.74, 6) is 0.531. The van der Waals surface area contributed by atoms with Crippen LogP contribution in [0, 0.1) is 0 Å². The Bertz CT molecular complexity index is 1080. The summed E-state index contributed by atoms with van der Waals surface area (Å²) in [5.41, 5.74) is 3.11. The number of likely N-dealkylation sites (N-methyl/N-ethyl adjacent to an activating group) is 1. The SMILES string of the molecule is CN1CC(=O)N(CCC(=O)O)CCc2c[nH]c3ccc(cc23)Oc2cccc(c2)C1. The number of benzene rings is 2. The second-order valence-electron chi connectivity index (χ2n) is 7.72. The number of hydrogen-bond acceptors (Lipinski definition) is 4. The van der Waals surface area contributed by atoms with Gasteiger partial charge in [0.1, 0.15) is 11.5 Å². The third-order valence-corrected chi connectivity index (χ3v) is 5.33. The highest BCUT2D eigenvalue weighted by Crippen LogP contribution is 2.28. The smallest absolute Gasteiger partial charge is 0.305 e. The minimum atomic E-state index is -0.905. The van der Waals surface area contributed by atoms with Crippen molar-refractivity contribution < 1.29 is 19.4 Å². The minimum Gasteiger partial charge on any atom is -0.481 e. The largest absolute Gasteiger partial charge is 0.481 e. The van der Waals surface area contributed by atoms with E-state index in [0.29, 0.717) is 19.5 Å². The summed E-state index contributed by atoms with van der Waals surface area (Å²) < 4.78 is 6.09. The van der Waals surface area contributed by atoms with E-state index in [4.69, 9.17) is 9.84 Å². The van der Waals surface area contributed by atoms with Gasteiger partial charge in [-0.25, -0.2) is 0 Å². The topological polar surface area (TPSA) is 85.9 Å². The highest BCUT2D eigenvalue weighted by Gasteiger charge is 2.18. The van der Waals surface area contributed by atoms with Gasteiger partial charge >= 0.3 is 5.97 Å². The van der Waals surface area contributed by atoms with E-state index < -0.39 is 5.97 Å². The fraction of sp³-hybridized carbons (Fsp3) is 0.304. The van der Waals surface area contributed by atoms with Gasteiger partial charge in [0, 0.05) is 36.7 Å². The molecule has 0 fully saturated rings. The average molecular weight is 407 g/mol. The summed E-state index contributed by atoms with van der Waals surface area (Å²) in [4.78, 5) is 30.8. The number of aromatic amines is 1. The Kier molecular flexibility index (Phi) is 5.72. The average Bonchev–Trinajstić information content (AvgIpc) is 3.09. The van der Waals surface area contributed by atoms with Gasteiger partial charge in [-0.1, -0.05) is 12.1 Å². The lowest BCUT2D eigenvalue weighted by atomic mass is 10.1. The van der Waals surface area contributed by atoms with Gasteiger partial charge in [-0.15, -0.1) is 0 Å². The summed E-state index contributed by atoms with van der Waals surface area (Å²) >= 11 is 0. The molecule has 1 aromatic heterocycles. The molecule has 2 heterocycles. The lowest BCUT2D eigenvalue weighted by Gasteiger charge is -2.25. The zero-order valence-corrected chi connectivity index (χ0v) is 16.9. The van der Waals surface area contributed by atoms with Gasteiger partial charge in [0.05, 0.1) is 13.0 Å². The number of amides is 1. The van der Waals surface area contributed by atoms with E-state index in [1.807, 2.05) is 60.6 Å². The lowest BCUT2D eigenvalue weighted by Crippen LogP contribution is -2.41. The molecular formula is C23H25N3O4. The Hall–Kier alpha value is -3.32. The first-order valence-electron chi connectivity index (χ1n) is 10.0. The van der Waals surface area contributed by atoms with Gasteiger partial charge in [-0.3, -0.25) is 14.5 Å². The highest BCUT2D eigenvalue weighted by molar-refractivity contribution is 5.85. The summed E-state index contributed by atoms with van der Waals surface area (Å²) in [6.45, 7) is 1.48. The number of carbonyl (C=O) groups excluding carboxylic acids is 1. The first-order valence-corrected chi connectivity index (χ1v) is 10.0. The maximum Gasteiger partial charge on any atom is 0.305 e. The molecule has 0 unspecified atom stereocenters. The monoisotopic (exact) mass is 407 g/mol. The van der Waals surface area contributed by atoms with Gasteiger partial charge < -0.3 is 19.7 Å². The van der Waals surface area contributed by atoms with Crippen LogP contribution in [0.5, 0.6) is 11.5 Å². The molecule has 0 aliphatic carbocycles. The summed E-state index contributed by atoms with van der Waals surface area (Å²) in [5, 5.41) is 10.1. The van der Waals surface area contributed by atoms with Crippen molar-refractivity contribution >= 4 is 22.8 Å². The minimum absolute atomic E-state index is 0.0661. The summed E-state index contributed by atoms with van der Waals surface area (Å²) in [7, 11) is 1.89. The van der Waals surface area contributed by atoms with Crippen molar-refractivity contribution in [3.8, 4) is 11.5 Å². The number of aromatic nitrogens is 1. The molecule has 2 aromatic carbocycles. The third kappa shape index (κ3) is 4.63. The number of nitrogens with zero attached hydrogens (tertiary/aromatic N) is 2. The Labute approximate surface area is 174 Å². The fourth-order valence-corrected chi connectivity index (χ4v) is 3.82. The van der Waals surface area contributed by atoms with Gasteiger partial charge in [0.15, 0.2) is 0 Å². The number of nitrogens with one attached hydrogen (secondary N) is 1. The standard InChI is InChI=1S/C23H25N3O4/c1-25-14-16-3-2-4-18(11-16)30-19-5-6-21-20(12-19)17(13-24-21)7-9-26(22(27)15-25)10-8-23(28)29/h2-6,11-13,24H,7-10,14-15H2,1H3,(H,28,29). The Balaban J connectivity index is 1.69. The van der Waals surface area contributed by atoms with Crippen LogP contribution in [-0.4, -0.2) is 58.4 Å². The molecule has 0 saturated carbocycles. The predicted molar refractivity (Wildman–Crippen MR) is 114 cm³/mol. The maximum atomic E-state index is 12.9. The second kappa shape index (κ2) is 8.59. The summed E-state index contributed by atoms with van der Waals surface area (Å²) in [6.07, 6.45) is 2.51. The Morgan fingerprint density at radius 2 is 2.00 bits per heavy atom. The molecule has 0 saturated heterocycles. The molecule has 7 heteroatoms. The molecule has 1 aliphatic rings. The van der Waals surface area contributed by atoms with Crippen molar-refractivity contribution in [2.75, 3.05) is 26.7 Å². The van der Waals surface area contributed by atoms with Crippen molar-refractivity contribution in [1.82, 2.24) is 14.8 Å². The molecule has 4 rings (SSSR count). The first-order chi connectivity index (χ1) is 14.5. The van der Waals surface area contributed by atoms with Crippen LogP contribution >= 0.6 is 0 Å². The molecule has 1 amide bonds. The molecule has 2 N–H and O–H groups in total. The number of aliphatic carboxylic acids is 1. The van der Waals surface area contributed by atoms with Crippen molar-refractivity contribution in [2.24, 2.45) is 0 Å². The maximum absolute atomic E-state index is 12.9. The van der Waals surface area contributed by atoms with Crippen molar-refractivity contribution in [3.63, 3.8) is 0 Å². The normalized spacial score (nSPS) is 15.6. The van der Waals surface area contributed by atoms with E-state index in [0.717, 1.165) is 33.5 Å². The lowest BCUT2D eigenvalue weighted by molar-refractivity contribution is -0.138. The molecule has 0 spiro atoms. The molecule has 0 atom stereocenters. The molecule has 3 aromatic rings. The number of hydrogen-bond donors (Lipinski definition) is 2. The van der Waals surface area contributed by atoms with Gasteiger partial charge in [-0.2, -0.15) is 0 Å².